The van der Waals surface area contributed by atoms with Gasteiger partial charge < -0.3 is 15.2 Å². The highest BCUT2D eigenvalue weighted by molar-refractivity contribution is 7.09. The average molecular weight is 320 g/mol. The number of carbonyl (C=O) groups is 2. The minimum Gasteiger partial charge on any atom is -0.480 e. The van der Waals surface area contributed by atoms with Gasteiger partial charge in [0.15, 0.2) is 0 Å². The van der Waals surface area contributed by atoms with E-state index in [1.54, 1.807) is 12.5 Å². The topological polar surface area (TPSA) is 88.5 Å². The van der Waals surface area contributed by atoms with Crippen molar-refractivity contribution >= 4 is 23.2 Å². The number of carboxylic acid groups (broad SMARTS) is 1. The molecule has 2 N–H and O–H groups in total. The molecular weight excluding hydrogens is 304 g/mol. The lowest BCUT2D eigenvalue weighted by Crippen LogP contribution is -2.42. The van der Waals surface area contributed by atoms with Crippen molar-refractivity contribution in [3.8, 4) is 0 Å². The minimum atomic E-state index is -1.08. The van der Waals surface area contributed by atoms with Gasteiger partial charge in [0, 0.05) is 18.9 Å². The van der Waals surface area contributed by atoms with E-state index in [4.69, 9.17) is 4.74 Å². The fraction of sp³-hybridized carbons (Fsp3) is 0.267. The van der Waals surface area contributed by atoms with Gasteiger partial charge in [0.05, 0.1) is 6.61 Å². The Morgan fingerprint density at radius 1 is 1.36 bits per heavy atom. The summed E-state index contributed by atoms with van der Waals surface area (Å²) in [5.41, 5.74) is 1.05. The molecule has 6 nitrogen and oxygen atoms in total. The summed E-state index contributed by atoms with van der Waals surface area (Å²) in [7, 11) is 1.54. The van der Waals surface area contributed by atoms with Crippen LogP contribution in [0.3, 0.4) is 0 Å². The van der Waals surface area contributed by atoms with Crippen LogP contribution in [0.2, 0.25) is 0 Å². The highest BCUT2D eigenvalue weighted by Gasteiger charge is 2.22. The van der Waals surface area contributed by atoms with Gasteiger partial charge in [-0.05, 0) is 5.56 Å². The summed E-state index contributed by atoms with van der Waals surface area (Å²) in [5, 5.41) is 14.0. The second-order valence-electron chi connectivity index (χ2n) is 4.61. The molecule has 22 heavy (non-hydrogen) atoms. The Kier molecular flexibility index (Phi) is 5.62. The van der Waals surface area contributed by atoms with Gasteiger partial charge in [-0.15, -0.1) is 11.3 Å². The molecule has 0 saturated carbocycles. The second-order valence-corrected chi connectivity index (χ2v) is 5.56. The Balaban J connectivity index is 2.03. The van der Waals surface area contributed by atoms with Crippen LogP contribution in [-0.2, 0) is 22.6 Å². The maximum atomic E-state index is 12.1. The lowest BCUT2D eigenvalue weighted by Gasteiger charge is -2.13. The fourth-order valence-corrected chi connectivity index (χ4v) is 2.63. The highest BCUT2D eigenvalue weighted by atomic mass is 32.1. The summed E-state index contributed by atoms with van der Waals surface area (Å²) in [5.74, 6) is -1.58. The van der Waals surface area contributed by atoms with E-state index >= 15 is 0 Å². The minimum absolute atomic E-state index is 0.205. The van der Waals surface area contributed by atoms with Gasteiger partial charge in [-0.25, -0.2) is 9.78 Å². The van der Waals surface area contributed by atoms with Gasteiger partial charge in [-0.1, -0.05) is 30.3 Å². The molecule has 0 bridgehead atoms. The number of carbonyl (C=O) groups excluding carboxylic acids is 1. The van der Waals surface area contributed by atoms with E-state index in [1.807, 2.05) is 30.3 Å². The van der Waals surface area contributed by atoms with Crippen LogP contribution >= 0.6 is 11.3 Å². The van der Waals surface area contributed by atoms with Gasteiger partial charge in [0.1, 0.15) is 16.7 Å². The van der Waals surface area contributed by atoms with Crippen LogP contribution in [0.4, 0.5) is 0 Å². The van der Waals surface area contributed by atoms with Crippen LogP contribution in [0.25, 0.3) is 0 Å². The molecule has 0 unspecified atom stereocenters. The van der Waals surface area contributed by atoms with Gasteiger partial charge in [0.2, 0.25) is 0 Å². The lowest BCUT2D eigenvalue weighted by atomic mass is 10.1. The quantitative estimate of drug-likeness (QED) is 0.811. The van der Waals surface area contributed by atoms with Crippen molar-refractivity contribution in [3.63, 3.8) is 0 Å². The molecule has 0 spiro atoms. The van der Waals surface area contributed by atoms with Crippen LogP contribution in [0.15, 0.2) is 35.7 Å². The molecule has 1 aromatic heterocycles. The van der Waals surface area contributed by atoms with E-state index in [9.17, 15) is 14.7 Å². The molecule has 1 atom stereocenters. The maximum absolute atomic E-state index is 12.1. The van der Waals surface area contributed by atoms with Gasteiger partial charge in [-0.3, -0.25) is 4.79 Å². The third-order valence-electron chi connectivity index (χ3n) is 2.94. The fourth-order valence-electron chi connectivity index (χ4n) is 1.89. The number of thiazole rings is 1. The number of amides is 1. The molecule has 1 amide bonds. The molecule has 1 heterocycles. The Morgan fingerprint density at radius 3 is 2.73 bits per heavy atom. The SMILES string of the molecule is COCc1nc(C(=O)N[C@H](Cc2ccccc2)C(=O)O)cs1. The molecular formula is C15H16N2O4S. The van der Waals surface area contributed by atoms with E-state index < -0.39 is 17.9 Å². The number of aliphatic carboxylic acids is 1. The number of nitrogens with one attached hydrogen (secondary N) is 1. The van der Waals surface area contributed by atoms with Crippen molar-refractivity contribution in [2.24, 2.45) is 0 Å². The zero-order valence-corrected chi connectivity index (χ0v) is 12.8. The van der Waals surface area contributed by atoms with Crippen LogP contribution in [0.5, 0.6) is 0 Å². The third-order valence-corrected chi connectivity index (χ3v) is 3.76. The zero-order valence-electron chi connectivity index (χ0n) is 12.0. The van der Waals surface area contributed by atoms with Crippen molar-refractivity contribution in [2.75, 3.05) is 7.11 Å². The Morgan fingerprint density at radius 2 is 2.09 bits per heavy atom. The number of methoxy groups -OCH3 is 1. The molecule has 0 aliphatic rings. The summed E-state index contributed by atoms with van der Waals surface area (Å²) >= 11 is 1.30. The number of aromatic nitrogens is 1. The predicted octanol–water partition coefficient (Wildman–Crippen LogP) is 1.72. The molecule has 116 valence electrons. The molecule has 0 aliphatic carbocycles. The first-order valence-electron chi connectivity index (χ1n) is 6.61. The van der Waals surface area contributed by atoms with Crippen LogP contribution in [-0.4, -0.2) is 35.1 Å². The van der Waals surface area contributed by atoms with E-state index in [0.717, 1.165) is 5.56 Å². The smallest absolute Gasteiger partial charge is 0.326 e. The Bertz CT molecular complexity index is 642. The second kappa shape index (κ2) is 7.67. The van der Waals surface area contributed by atoms with Gasteiger partial charge in [0.25, 0.3) is 5.91 Å². The summed E-state index contributed by atoms with van der Waals surface area (Å²) in [6, 6.07) is 8.15. The monoisotopic (exact) mass is 320 g/mol. The Hall–Kier alpha value is -2.25. The van der Waals surface area contributed by atoms with E-state index in [0.29, 0.717) is 11.6 Å². The number of hydrogen-bond acceptors (Lipinski definition) is 5. The molecule has 1 aromatic carbocycles. The van der Waals surface area contributed by atoms with Gasteiger partial charge >= 0.3 is 5.97 Å². The number of rotatable bonds is 7. The van der Waals surface area contributed by atoms with Crippen molar-refractivity contribution in [3.05, 3.63) is 52.0 Å². The molecule has 2 rings (SSSR count). The molecule has 0 fully saturated rings. The summed E-state index contributed by atoms with van der Waals surface area (Å²) in [6.07, 6.45) is 0.219. The zero-order chi connectivity index (χ0) is 15.9. The van der Waals surface area contributed by atoms with E-state index in [-0.39, 0.29) is 12.1 Å². The lowest BCUT2D eigenvalue weighted by molar-refractivity contribution is -0.139. The summed E-state index contributed by atoms with van der Waals surface area (Å²) in [4.78, 5) is 27.5. The number of carboxylic acids is 1. The third kappa shape index (κ3) is 4.37. The molecule has 0 saturated heterocycles. The predicted molar refractivity (Wildman–Crippen MR) is 81.9 cm³/mol. The normalized spacial score (nSPS) is 11.9. The number of hydrogen-bond donors (Lipinski definition) is 2. The Labute approximate surface area is 131 Å². The highest BCUT2D eigenvalue weighted by Crippen LogP contribution is 2.11. The number of benzene rings is 1. The van der Waals surface area contributed by atoms with Crippen LogP contribution in [0.1, 0.15) is 21.1 Å². The largest absolute Gasteiger partial charge is 0.480 e. The molecule has 7 heteroatoms. The van der Waals surface area contributed by atoms with Crippen LogP contribution < -0.4 is 5.32 Å². The van der Waals surface area contributed by atoms with E-state index in [2.05, 4.69) is 10.3 Å². The van der Waals surface area contributed by atoms with Crippen LogP contribution in [0, 0.1) is 0 Å². The number of ether oxygens (including phenoxy) is 1. The average Bonchev–Trinajstić information content (AvgIpc) is 2.96. The maximum Gasteiger partial charge on any atom is 0.326 e. The standard InChI is InChI=1S/C15H16N2O4S/c1-21-8-13-16-12(9-22-13)14(18)17-11(15(19)20)7-10-5-3-2-4-6-10/h2-6,9,11H,7-8H2,1H3,(H,17,18)(H,19,20)/t11-/m1/s1. The first kappa shape index (κ1) is 16.1. The molecule has 2 aromatic rings. The van der Waals surface area contributed by atoms with Crippen molar-refractivity contribution in [2.45, 2.75) is 19.1 Å². The molecule has 0 radical (unpaired) electrons. The molecule has 0 aliphatic heterocycles. The first-order chi connectivity index (χ1) is 10.6. The van der Waals surface area contributed by atoms with E-state index in [1.165, 1.54) is 11.3 Å². The van der Waals surface area contributed by atoms with Crippen molar-refractivity contribution in [1.29, 1.82) is 0 Å². The van der Waals surface area contributed by atoms with Gasteiger partial charge in [-0.2, -0.15) is 0 Å². The summed E-state index contributed by atoms with van der Waals surface area (Å²) in [6.45, 7) is 0.324. The van der Waals surface area contributed by atoms with Crippen molar-refractivity contribution in [1.82, 2.24) is 10.3 Å². The first-order valence-corrected chi connectivity index (χ1v) is 7.49. The summed E-state index contributed by atoms with van der Waals surface area (Å²) < 4.78 is 4.94. The number of nitrogens with zero attached hydrogens (tertiary/aromatic N) is 1. The van der Waals surface area contributed by atoms with Crippen molar-refractivity contribution < 1.29 is 19.4 Å².